The summed E-state index contributed by atoms with van der Waals surface area (Å²) in [4.78, 5) is 38.4. The third-order valence-electron chi connectivity index (χ3n) is 5.12. The summed E-state index contributed by atoms with van der Waals surface area (Å²) in [6.07, 6.45) is 0. The first kappa shape index (κ1) is 22.1. The van der Waals surface area contributed by atoms with E-state index in [0.717, 1.165) is 11.1 Å². The van der Waals surface area contributed by atoms with Crippen LogP contribution in [0.5, 0.6) is 5.75 Å². The fourth-order valence-corrected chi connectivity index (χ4v) is 3.33. The van der Waals surface area contributed by atoms with Gasteiger partial charge in [0.2, 0.25) is 0 Å². The van der Waals surface area contributed by atoms with Crippen LogP contribution in [-0.4, -0.2) is 42.9 Å². The fourth-order valence-electron chi connectivity index (χ4n) is 3.33. The lowest BCUT2D eigenvalue weighted by molar-refractivity contribution is -0.139. The van der Waals surface area contributed by atoms with Gasteiger partial charge in [0.1, 0.15) is 12.4 Å². The van der Waals surface area contributed by atoms with Crippen molar-refractivity contribution < 1.29 is 23.9 Å². The molecular weight excluding hydrogens is 396 g/mol. The Balaban J connectivity index is 1.97. The number of amides is 2. The summed E-state index contributed by atoms with van der Waals surface area (Å²) in [6.45, 7) is 5.39. The van der Waals surface area contributed by atoms with Crippen LogP contribution in [0.3, 0.4) is 0 Å². The van der Waals surface area contributed by atoms with Gasteiger partial charge in [-0.05, 0) is 50.6 Å². The van der Waals surface area contributed by atoms with Gasteiger partial charge in [-0.1, -0.05) is 29.8 Å². The van der Waals surface area contributed by atoms with Crippen LogP contribution < -0.4 is 10.1 Å². The molecule has 0 aromatic heterocycles. The molecule has 0 saturated heterocycles. The van der Waals surface area contributed by atoms with E-state index in [-0.39, 0.29) is 25.0 Å². The van der Waals surface area contributed by atoms with Crippen LogP contribution in [-0.2, 0) is 9.53 Å². The molecule has 7 heteroatoms. The number of aryl methyl sites for hydroxylation is 1. The van der Waals surface area contributed by atoms with Crippen molar-refractivity contribution in [2.75, 3.05) is 20.3 Å². The molecule has 0 spiro atoms. The van der Waals surface area contributed by atoms with E-state index in [1.165, 1.54) is 11.8 Å². The first-order chi connectivity index (χ1) is 14.8. The molecule has 0 unspecified atom stereocenters. The van der Waals surface area contributed by atoms with Crippen molar-refractivity contribution in [3.05, 3.63) is 76.5 Å². The molecule has 1 heterocycles. The number of nitrogens with zero attached hydrogens (tertiary/aromatic N) is 1. The van der Waals surface area contributed by atoms with Crippen LogP contribution in [0.1, 0.15) is 41.4 Å². The van der Waals surface area contributed by atoms with E-state index in [2.05, 4.69) is 5.32 Å². The standard InChI is InChI=1S/C24H26N2O5/c1-5-30-23(28)21-20(14-31-19-12-10-17(11-13-19)16(3)27)26(4)24(29)25-22(21)18-8-6-15(2)7-9-18/h6-13,22H,5,14H2,1-4H3,(H,25,29)/t22-/m1/s1. The smallest absolute Gasteiger partial charge is 0.338 e. The second kappa shape index (κ2) is 9.47. The molecule has 2 amide bonds. The number of likely N-dealkylation sites (N-methyl/N-ethyl adjacent to an activating group) is 1. The molecule has 0 bridgehead atoms. The maximum absolute atomic E-state index is 12.9. The van der Waals surface area contributed by atoms with Crippen LogP contribution in [0.2, 0.25) is 0 Å². The summed E-state index contributed by atoms with van der Waals surface area (Å²) in [5.41, 5.74) is 3.17. The minimum absolute atomic E-state index is 0.0140. The van der Waals surface area contributed by atoms with E-state index < -0.39 is 12.0 Å². The van der Waals surface area contributed by atoms with Crippen LogP contribution in [0, 0.1) is 6.92 Å². The average Bonchev–Trinajstić information content (AvgIpc) is 2.75. The molecule has 7 nitrogen and oxygen atoms in total. The van der Waals surface area contributed by atoms with Crippen molar-refractivity contribution in [3.63, 3.8) is 0 Å². The predicted molar refractivity (Wildman–Crippen MR) is 116 cm³/mol. The molecule has 2 aromatic rings. The Morgan fingerprint density at radius 3 is 2.29 bits per heavy atom. The van der Waals surface area contributed by atoms with Crippen molar-refractivity contribution in [2.24, 2.45) is 0 Å². The number of urea groups is 1. The summed E-state index contributed by atoms with van der Waals surface area (Å²) >= 11 is 0. The summed E-state index contributed by atoms with van der Waals surface area (Å²) in [5, 5.41) is 2.87. The van der Waals surface area contributed by atoms with Crippen LogP contribution >= 0.6 is 0 Å². The molecule has 1 aliphatic rings. The number of ether oxygens (including phenoxy) is 2. The highest BCUT2D eigenvalue weighted by Gasteiger charge is 2.37. The highest BCUT2D eigenvalue weighted by molar-refractivity contribution is 5.95. The van der Waals surface area contributed by atoms with Crippen molar-refractivity contribution in [3.8, 4) is 5.75 Å². The third kappa shape index (κ3) is 4.94. The number of Topliss-reactive ketones (excluding diaryl/α,β-unsaturated/α-hetero) is 1. The SMILES string of the molecule is CCOC(=O)C1=C(COc2ccc(C(C)=O)cc2)N(C)C(=O)N[C@@H]1c1ccc(C)cc1. The largest absolute Gasteiger partial charge is 0.487 e. The lowest BCUT2D eigenvalue weighted by Gasteiger charge is -2.34. The minimum Gasteiger partial charge on any atom is -0.487 e. The van der Waals surface area contributed by atoms with E-state index in [1.807, 2.05) is 31.2 Å². The average molecular weight is 422 g/mol. The third-order valence-corrected chi connectivity index (χ3v) is 5.12. The Morgan fingerprint density at radius 2 is 1.71 bits per heavy atom. The topological polar surface area (TPSA) is 84.9 Å². The second-order valence-corrected chi connectivity index (χ2v) is 7.30. The first-order valence-electron chi connectivity index (χ1n) is 10.1. The van der Waals surface area contributed by atoms with Gasteiger partial charge in [0, 0.05) is 12.6 Å². The molecule has 0 fully saturated rings. The summed E-state index contributed by atoms with van der Waals surface area (Å²) < 4.78 is 11.2. The predicted octanol–water partition coefficient (Wildman–Crippen LogP) is 3.79. The highest BCUT2D eigenvalue weighted by atomic mass is 16.5. The van der Waals surface area contributed by atoms with Gasteiger partial charge in [-0.3, -0.25) is 9.69 Å². The van der Waals surface area contributed by atoms with E-state index in [4.69, 9.17) is 9.47 Å². The Bertz CT molecular complexity index is 1010. The van der Waals surface area contributed by atoms with Gasteiger partial charge in [-0.15, -0.1) is 0 Å². The van der Waals surface area contributed by atoms with Gasteiger partial charge < -0.3 is 14.8 Å². The molecule has 0 aliphatic carbocycles. The molecule has 2 aromatic carbocycles. The number of ketones is 1. The van der Waals surface area contributed by atoms with E-state index in [1.54, 1.807) is 38.2 Å². The number of benzene rings is 2. The number of hydrogen-bond donors (Lipinski definition) is 1. The van der Waals surface area contributed by atoms with Gasteiger partial charge in [-0.2, -0.15) is 0 Å². The molecule has 1 atom stereocenters. The molecule has 0 saturated carbocycles. The van der Waals surface area contributed by atoms with Crippen molar-refractivity contribution in [2.45, 2.75) is 26.8 Å². The Labute approximate surface area is 181 Å². The minimum atomic E-state index is -0.651. The van der Waals surface area contributed by atoms with E-state index in [9.17, 15) is 14.4 Å². The quantitative estimate of drug-likeness (QED) is 0.542. The number of carbonyl (C=O) groups is 3. The van der Waals surface area contributed by atoms with Gasteiger partial charge in [0.25, 0.3) is 0 Å². The molecule has 1 aliphatic heterocycles. The molecule has 3 rings (SSSR count). The summed E-state index contributed by atoms with van der Waals surface area (Å²) in [6, 6.07) is 13.3. The zero-order chi connectivity index (χ0) is 22.5. The Kier molecular flexibility index (Phi) is 6.74. The number of esters is 1. The second-order valence-electron chi connectivity index (χ2n) is 7.30. The van der Waals surface area contributed by atoms with E-state index >= 15 is 0 Å². The fraction of sp³-hybridized carbons (Fsp3) is 0.292. The van der Waals surface area contributed by atoms with Crippen LogP contribution in [0.15, 0.2) is 59.8 Å². The summed E-state index contributed by atoms with van der Waals surface area (Å²) in [5.74, 6) is -0.0269. The van der Waals surface area contributed by atoms with Crippen molar-refractivity contribution >= 4 is 17.8 Å². The van der Waals surface area contributed by atoms with Crippen molar-refractivity contribution in [1.82, 2.24) is 10.2 Å². The lowest BCUT2D eigenvalue weighted by atomic mass is 9.94. The molecule has 0 radical (unpaired) electrons. The number of rotatable bonds is 7. The monoisotopic (exact) mass is 422 g/mol. The Hall–Kier alpha value is -3.61. The van der Waals surface area contributed by atoms with Crippen LogP contribution in [0.25, 0.3) is 0 Å². The molecular formula is C24H26N2O5. The normalized spacial score (nSPS) is 16.1. The number of hydrogen-bond acceptors (Lipinski definition) is 5. The van der Waals surface area contributed by atoms with E-state index in [0.29, 0.717) is 22.6 Å². The van der Waals surface area contributed by atoms with Gasteiger partial charge >= 0.3 is 12.0 Å². The highest BCUT2D eigenvalue weighted by Crippen LogP contribution is 2.31. The maximum Gasteiger partial charge on any atom is 0.338 e. The molecule has 1 N–H and O–H groups in total. The first-order valence-corrected chi connectivity index (χ1v) is 10.1. The lowest BCUT2D eigenvalue weighted by Crippen LogP contribution is -2.48. The maximum atomic E-state index is 12.9. The van der Waals surface area contributed by atoms with Gasteiger partial charge in [0.05, 0.1) is 23.9 Å². The Morgan fingerprint density at radius 1 is 1.06 bits per heavy atom. The zero-order valence-corrected chi connectivity index (χ0v) is 18.1. The number of nitrogens with one attached hydrogen (secondary N) is 1. The van der Waals surface area contributed by atoms with Crippen LogP contribution in [0.4, 0.5) is 4.79 Å². The van der Waals surface area contributed by atoms with Gasteiger partial charge in [0.15, 0.2) is 5.78 Å². The zero-order valence-electron chi connectivity index (χ0n) is 18.1. The number of carbonyl (C=O) groups excluding carboxylic acids is 3. The van der Waals surface area contributed by atoms with Gasteiger partial charge in [-0.25, -0.2) is 9.59 Å². The van der Waals surface area contributed by atoms with Crippen molar-refractivity contribution in [1.29, 1.82) is 0 Å². The molecule has 162 valence electrons. The summed E-state index contributed by atoms with van der Waals surface area (Å²) in [7, 11) is 1.58. The molecule has 31 heavy (non-hydrogen) atoms.